The van der Waals surface area contributed by atoms with Crippen molar-refractivity contribution in [3.8, 4) is 0 Å². The summed E-state index contributed by atoms with van der Waals surface area (Å²) in [4.78, 5) is 0. The van der Waals surface area contributed by atoms with E-state index in [4.69, 9.17) is 11.6 Å². The van der Waals surface area contributed by atoms with Gasteiger partial charge in [-0.05, 0) is 23.8 Å². The molecule has 0 fully saturated rings. The van der Waals surface area contributed by atoms with Crippen LogP contribution in [0.1, 0.15) is 16.5 Å². The van der Waals surface area contributed by atoms with Gasteiger partial charge in [-0.15, -0.1) is 11.6 Å². The Bertz CT molecular complexity index is 587. The van der Waals surface area contributed by atoms with E-state index in [2.05, 4.69) is 15.9 Å². The average molecular weight is 354 g/mol. The van der Waals surface area contributed by atoms with Gasteiger partial charge < -0.3 is 0 Å². The molecule has 0 saturated heterocycles. The topological polar surface area (TPSA) is 0 Å². The first-order valence-corrected chi connectivity index (χ1v) is 6.36. The smallest absolute Gasteiger partial charge is 0.134 e. The first-order chi connectivity index (χ1) is 8.88. The molecular weight excluding hydrogens is 347 g/mol. The highest BCUT2D eigenvalue weighted by molar-refractivity contribution is 9.10. The molecule has 2 aromatic rings. The maximum absolute atomic E-state index is 13.6. The van der Waals surface area contributed by atoms with Crippen LogP contribution in [0.4, 0.5) is 17.6 Å². The minimum absolute atomic E-state index is 0.165. The summed E-state index contributed by atoms with van der Waals surface area (Å²) >= 11 is 9.00. The zero-order valence-electron chi connectivity index (χ0n) is 9.23. The average Bonchev–Trinajstić information content (AvgIpc) is 2.25. The van der Waals surface area contributed by atoms with Gasteiger partial charge in [0.1, 0.15) is 23.3 Å². The van der Waals surface area contributed by atoms with Gasteiger partial charge in [0.25, 0.3) is 0 Å². The molecule has 2 rings (SSSR count). The third-order valence-electron chi connectivity index (χ3n) is 2.47. The summed E-state index contributed by atoms with van der Waals surface area (Å²) < 4.78 is 53.6. The van der Waals surface area contributed by atoms with Crippen LogP contribution in [0.3, 0.4) is 0 Å². The normalized spacial score (nSPS) is 12.5. The Kier molecular flexibility index (Phi) is 4.16. The molecule has 0 aliphatic rings. The first-order valence-electron chi connectivity index (χ1n) is 5.13. The largest absolute Gasteiger partial charge is 0.207 e. The highest BCUT2D eigenvalue weighted by atomic mass is 79.9. The molecule has 100 valence electrons. The predicted molar refractivity (Wildman–Crippen MR) is 68.1 cm³/mol. The van der Waals surface area contributed by atoms with Gasteiger partial charge in [0.2, 0.25) is 0 Å². The van der Waals surface area contributed by atoms with E-state index in [9.17, 15) is 17.6 Å². The number of hydrogen-bond acceptors (Lipinski definition) is 0. The van der Waals surface area contributed by atoms with E-state index in [-0.39, 0.29) is 5.56 Å². The van der Waals surface area contributed by atoms with Gasteiger partial charge in [0.15, 0.2) is 0 Å². The molecule has 0 bridgehead atoms. The fraction of sp³-hybridized carbons (Fsp3) is 0.0769. The second-order valence-electron chi connectivity index (χ2n) is 3.85. The molecule has 0 spiro atoms. The van der Waals surface area contributed by atoms with Crippen molar-refractivity contribution in [3.05, 3.63) is 69.2 Å². The monoisotopic (exact) mass is 352 g/mol. The summed E-state index contributed by atoms with van der Waals surface area (Å²) in [7, 11) is 0. The van der Waals surface area contributed by atoms with Crippen LogP contribution < -0.4 is 0 Å². The molecule has 0 amide bonds. The lowest BCUT2D eigenvalue weighted by atomic mass is 10.0. The summed E-state index contributed by atoms with van der Waals surface area (Å²) in [6.45, 7) is 0. The lowest BCUT2D eigenvalue weighted by Gasteiger charge is -2.13. The van der Waals surface area contributed by atoms with Crippen LogP contribution >= 0.6 is 27.5 Å². The van der Waals surface area contributed by atoms with Crippen molar-refractivity contribution < 1.29 is 17.6 Å². The number of benzene rings is 2. The SMILES string of the molecule is Fc1cc(Br)cc(C(Cl)c2c(F)cc(F)cc2F)c1. The van der Waals surface area contributed by atoms with Gasteiger partial charge in [-0.3, -0.25) is 0 Å². The molecule has 0 N–H and O–H groups in total. The molecule has 1 atom stereocenters. The molecule has 0 saturated carbocycles. The van der Waals surface area contributed by atoms with Gasteiger partial charge >= 0.3 is 0 Å². The number of alkyl halides is 1. The Morgan fingerprint density at radius 3 is 1.89 bits per heavy atom. The zero-order chi connectivity index (χ0) is 14.2. The summed E-state index contributed by atoms with van der Waals surface area (Å²) in [6.07, 6.45) is 0. The van der Waals surface area contributed by atoms with Crippen LogP contribution in [0, 0.1) is 23.3 Å². The molecule has 0 nitrogen and oxygen atoms in total. The molecular formula is C13H6BrClF4. The van der Waals surface area contributed by atoms with Gasteiger partial charge in [0.05, 0.1) is 5.38 Å². The van der Waals surface area contributed by atoms with Crippen molar-refractivity contribution in [2.75, 3.05) is 0 Å². The second-order valence-corrected chi connectivity index (χ2v) is 5.20. The summed E-state index contributed by atoms with van der Waals surface area (Å²) in [5.41, 5.74) is -0.349. The van der Waals surface area contributed by atoms with Gasteiger partial charge in [-0.25, -0.2) is 17.6 Å². The highest BCUT2D eigenvalue weighted by Crippen LogP contribution is 2.34. The molecule has 0 aromatic heterocycles. The molecule has 0 heterocycles. The minimum Gasteiger partial charge on any atom is -0.207 e. The summed E-state index contributed by atoms with van der Waals surface area (Å²) in [5, 5.41) is -1.26. The van der Waals surface area contributed by atoms with Crippen LogP contribution in [-0.4, -0.2) is 0 Å². The molecule has 0 radical (unpaired) electrons. The fourth-order valence-electron chi connectivity index (χ4n) is 1.68. The van der Waals surface area contributed by atoms with E-state index < -0.39 is 34.2 Å². The van der Waals surface area contributed by atoms with Crippen LogP contribution in [0.15, 0.2) is 34.8 Å². The van der Waals surface area contributed by atoms with Crippen molar-refractivity contribution >= 4 is 27.5 Å². The lowest BCUT2D eigenvalue weighted by molar-refractivity contribution is 0.525. The molecule has 0 aliphatic carbocycles. The van der Waals surface area contributed by atoms with Crippen molar-refractivity contribution in [3.63, 3.8) is 0 Å². The summed E-state index contributed by atoms with van der Waals surface area (Å²) in [5.74, 6) is -3.86. The number of rotatable bonds is 2. The van der Waals surface area contributed by atoms with Crippen LogP contribution in [0.25, 0.3) is 0 Å². The van der Waals surface area contributed by atoms with E-state index in [1.807, 2.05) is 0 Å². The van der Waals surface area contributed by atoms with Gasteiger partial charge in [0, 0.05) is 22.2 Å². The van der Waals surface area contributed by atoms with Crippen molar-refractivity contribution in [2.45, 2.75) is 5.38 Å². The third kappa shape index (κ3) is 3.09. The van der Waals surface area contributed by atoms with E-state index in [0.29, 0.717) is 16.6 Å². The predicted octanol–water partition coefficient (Wildman–Crippen LogP) is 5.33. The van der Waals surface area contributed by atoms with E-state index in [1.54, 1.807) is 0 Å². The highest BCUT2D eigenvalue weighted by Gasteiger charge is 2.22. The minimum atomic E-state index is -1.26. The van der Waals surface area contributed by atoms with E-state index in [1.165, 1.54) is 12.1 Å². The molecule has 2 aromatic carbocycles. The summed E-state index contributed by atoms with van der Waals surface area (Å²) in [6, 6.07) is 4.74. The maximum Gasteiger partial charge on any atom is 0.134 e. The van der Waals surface area contributed by atoms with Crippen LogP contribution in [0.2, 0.25) is 0 Å². The molecule has 0 aliphatic heterocycles. The Balaban J connectivity index is 2.52. The van der Waals surface area contributed by atoms with E-state index >= 15 is 0 Å². The fourth-order valence-corrected chi connectivity index (χ4v) is 2.50. The van der Waals surface area contributed by atoms with Crippen LogP contribution in [-0.2, 0) is 0 Å². The Labute approximate surface area is 120 Å². The lowest BCUT2D eigenvalue weighted by Crippen LogP contribution is -2.02. The van der Waals surface area contributed by atoms with Crippen molar-refractivity contribution in [1.29, 1.82) is 0 Å². The van der Waals surface area contributed by atoms with Crippen molar-refractivity contribution in [2.24, 2.45) is 0 Å². The number of halogens is 6. The third-order valence-corrected chi connectivity index (χ3v) is 3.40. The molecule has 6 heteroatoms. The van der Waals surface area contributed by atoms with Crippen LogP contribution in [0.5, 0.6) is 0 Å². The molecule has 19 heavy (non-hydrogen) atoms. The van der Waals surface area contributed by atoms with Gasteiger partial charge in [-0.1, -0.05) is 15.9 Å². The maximum atomic E-state index is 13.6. The van der Waals surface area contributed by atoms with Gasteiger partial charge in [-0.2, -0.15) is 0 Å². The van der Waals surface area contributed by atoms with Crippen molar-refractivity contribution in [1.82, 2.24) is 0 Å². The Morgan fingerprint density at radius 2 is 1.37 bits per heavy atom. The standard InChI is InChI=1S/C13H6BrClF4/c14-7-1-6(2-8(16)3-7)13(15)12-10(18)4-9(17)5-11(12)19/h1-5,13H. The number of hydrogen-bond donors (Lipinski definition) is 0. The Morgan fingerprint density at radius 1 is 0.842 bits per heavy atom. The second kappa shape index (κ2) is 5.51. The first kappa shape index (κ1) is 14.3. The molecule has 1 unspecified atom stereocenters. The quantitative estimate of drug-likeness (QED) is 0.505. The van der Waals surface area contributed by atoms with E-state index in [0.717, 1.165) is 6.07 Å². The Hall–Kier alpha value is -1.07. The zero-order valence-corrected chi connectivity index (χ0v) is 11.6.